The molecule has 0 heterocycles. The van der Waals surface area contributed by atoms with E-state index in [-0.39, 0.29) is 17.4 Å². The average molecular weight is 285 g/mol. The number of rotatable bonds is 15. The van der Waals surface area contributed by atoms with E-state index >= 15 is 0 Å². The lowest BCUT2D eigenvalue weighted by Crippen LogP contribution is -1.83. The maximum atomic E-state index is 2.29. The van der Waals surface area contributed by atoms with Gasteiger partial charge in [0.15, 0.2) is 17.4 Å². The monoisotopic (exact) mass is 284 g/mol. The molecule has 1 heteroatoms. The smallest absolute Gasteiger partial charge is 0.0654 e. The van der Waals surface area contributed by atoms with E-state index in [1.807, 2.05) is 0 Å². The van der Waals surface area contributed by atoms with Crippen LogP contribution in [0.25, 0.3) is 0 Å². The molecular formula is C18H41Al. The highest BCUT2D eigenvalue weighted by Gasteiger charge is 1.93. The van der Waals surface area contributed by atoms with Gasteiger partial charge >= 0.3 is 0 Å². The minimum atomic E-state index is 0. The van der Waals surface area contributed by atoms with Crippen LogP contribution in [0.1, 0.15) is 117 Å². The van der Waals surface area contributed by atoms with Crippen LogP contribution in [0.15, 0.2) is 0 Å². The topological polar surface area (TPSA) is 0 Å². The molecule has 0 N–H and O–H groups in total. The van der Waals surface area contributed by atoms with Crippen LogP contribution in [0.2, 0.25) is 0 Å². The van der Waals surface area contributed by atoms with E-state index in [1.165, 1.54) is 103 Å². The first-order chi connectivity index (χ1) is 8.91. The van der Waals surface area contributed by atoms with Crippen molar-refractivity contribution in [3.63, 3.8) is 0 Å². The summed E-state index contributed by atoms with van der Waals surface area (Å²) in [6.07, 6.45) is 23.4. The summed E-state index contributed by atoms with van der Waals surface area (Å²) in [4.78, 5) is 0. The molecule has 116 valence electrons. The largest absolute Gasteiger partial charge is 0.187 e. The van der Waals surface area contributed by atoms with Crippen molar-refractivity contribution in [2.24, 2.45) is 0 Å². The third-order valence-corrected chi connectivity index (χ3v) is 3.96. The summed E-state index contributed by atoms with van der Waals surface area (Å²) >= 11 is 0. The van der Waals surface area contributed by atoms with Crippen molar-refractivity contribution in [2.45, 2.75) is 117 Å². The molecule has 0 aliphatic heterocycles. The van der Waals surface area contributed by atoms with Crippen LogP contribution in [-0.2, 0) is 0 Å². The molecule has 0 bridgehead atoms. The van der Waals surface area contributed by atoms with Gasteiger partial charge in [0, 0.05) is 0 Å². The highest BCUT2D eigenvalue weighted by atomic mass is 27.0. The Balaban J connectivity index is 0. The van der Waals surface area contributed by atoms with Gasteiger partial charge in [0.1, 0.15) is 0 Å². The molecule has 0 saturated heterocycles. The fourth-order valence-electron chi connectivity index (χ4n) is 2.62. The third-order valence-electron chi connectivity index (χ3n) is 3.96. The zero-order chi connectivity index (χ0) is 13.3. The van der Waals surface area contributed by atoms with E-state index in [4.69, 9.17) is 0 Å². The molecule has 0 atom stereocenters. The summed E-state index contributed by atoms with van der Waals surface area (Å²) in [7, 11) is 0. The number of hydrogen-bond donors (Lipinski definition) is 0. The molecule has 0 unspecified atom stereocenters. The SMILES string of the molecule is CCCCCCCCCCCCCCCCCC.[AlH3]. The first-order valence-electron chi connectivity index (χ1n) is 8.91. The fraction of sp³-hybridized carbons (Fsp3) is 1.00. The Hall–Kier alpha value is 0.532. The summed E-state index contributed by atoms with van der Waals surface area (Å²) in [5.74, 6) is 0. The second-order valence-electron chi connectivity index (χ2n) is 5.95. The molecule has 0 aromatic rings. The zero-order valence-electron chi connectivity index (χ0n) is 13.3. The molecule has 19 heavy (non-hydrogen) atoms. The van der Waals surface area contributed by atoms with Gasteiger partial charge in [-0.15, -0.1) is 0 Å². The summed E-state index contributed by atoms with van der Waals surface area (Å²) in [5, 5.41) is 0. The minimum Gasteiger partial charge on any atom is -0.0654 e. The lowest BCUT2D eigenvalue weighted by atomic mass is 10.0. The summed E-state index contributed by atoms with van der Waals surface area (Å²) in [5.41, 5.74) is 0. The Kier molecular flexibility index (Phi) is 23.9. The van der Waals surface area contributed by atoms with E-state index in [2.05, 4.69) is 13.8 Å². The van der Waals surface area contributed by atoms with E-state index in [1.54, 1.807) is 0 Å². The van der Waals surface area contributed by atoms with Crippen LogP contribution in [0.4, 0.5) is 0 Å². The van der Waals surface area contributed by atoms with Gasteiger partial charge in [-0.2, -0.15) is 0 Å². The maximum absolute atomic E-state index is 2.29. The van der Waals surface area contributed by atoms with Crippen LogP contribution in [0, 0.1) is 0 Å². The number of hydrogen-bond acceptors (Lipinski definition) is 0. The summed E-state index contributed by atoms with van der Waals surface area (Å²) < 4.78 is 0. The second kappa shape index (κ2) is 20.8. The molecule has 0 rings (SSSR count). The second-order valence-corrected chi connectivity index (χ2v) is 5.95. The molecule has 0 fully saturated rings. The molecule has 0 aromatic carbocycles. The predicted molar refractivity (Wildman–Crippen MR) is 95.2 cm³/mol. The molecule has 0 nitrogen and oxygen atoms in total. The Bertz CT molecular complexity index is 118. The predicted octanol–water partition coefficient (Wildman–Crippen LogP) is 6.08. The molecule has 0 radical (unpaired) electrons. The van der Waals surface area contributed by atoms with Gasteiger partial charge in [-0.05, 0) is 0 Å². The minimum absolute atomic E-state index is 0. The molecular weight excluding hydrogens is 243 g/mol. The van der Waals surface area contributed by atoms with Crippen molar-refractivity contribution in [1.29, 1.82) is 0 Å². The summed E-state index contributed by atoms with van der Waals surface area (Å²) in [6.45, 7) is 4.59. The van der Waals surface area contributed by atoms with Crippen LogP contribution in [0.5, 0.6) is 0 Å². The highest BCUT2D eigenvalue weighted by Crippen LogP contribution is 2.13. The lowest BCUT2D eigenvalue weighted by Gasteiger charge is -2.03. The van der Waals surface area contributed by atoms with Gasteiger partial charge in [-0.3, -0.25) is 0 Å². The fourth-order valence-corrected chi connectivity index (χ4v) is 2.62. The lowest BCUT2D eigenvalue weighted by molar-refractivity contribution is 0.531. The van der Waals surface area contributed by atoms with E-state index in [0.29, 0.717) is 0 Å². The molecule has 0 aromatic heterocycles. The molecule has 0 saturated carbocycles. The van der Waals surface area contributed by atoms with E-state index in [9.17, 15) is 0 Å². The first kappa shape index (κ1) is 21.8. The van der Waals surface area contributed by atoms with E-state index < -0.39 is 0 Å². The Morgan fingerprint density at radius 2 is 0.474 bits per heavy atom. The van der Waals surface area contributed by atoms with Gasteiger partial charge in [-0.25, -0.2) is 0 Å². The first-order valence-corrected chi connectivity index (χ1v) is 8.91. The van der Waals surface area contributed by atoms with Crippen LogP contribution in [-0.4, -0.2) is 17.4 Å². The Labute approximate surface area is 134 Å². The van der Waals surface area contributed by atoms with Crippen LogP contribution in [0.3, 0.4) is 0 Å². The normalized spacial score (nSPS) is 10.4. The van der Waals surface area contributed by atoms with Crippen molar-refractivity contribution in [3.05, 3.63) is 0 Å². The Morgan fingerprint density at radius 1 is 0.316 bits per heavy atom. The van der Waals surface area contributed by atoms with Gasteiger partial charge < -0.3 is 0 Å². The van der Waals surface area contributed by atoms with Crippen molar-refractivity contribution in [1.82, 2.24) is 0 Å². The highest BCUT2D eigenvalue weighted by molar-refractivity contribution is 5.75. The molecule has 0 aliphatic rings. The van der Waals surface area contributed by atoms with Gasteiger partial charge in [-0.1, -0.05) is 117 Å². The van der Waals surface area contributed by atoms with Gasteiger partial charge in [0.25, 0.3) is 0 Å². The summed E-state index contributed by atoms with van der Waals surface area (Å²) in [6, 6.07) is 0. The van der Waals surface area contributed by atoms with E-state index in [0.717, 1.165) is 0 Å². The van der Waals surface area contributed by atoms with Crippen molar-refractivity contribution in [3.8, 4) is 0 Å². The maximum Gasteiger partial charge on any atom is 0.187 e. The standard InChI is InChI=1S/C18H38.Al.3H/c1-3-5-7-9-11-13-15-17-18-16-14-12-10-8-6-4-2;;;;/h3-18H2,1-2H3;;;;. The Morgan fingerprint density at radius 3 is 0.632 bits per heavy atom. The van der Waals surface area contributed by atoms with Crippen molar-refractivity contribution >= 4 is 17.4 Å². The van der Waals surface area contributed by atoms with Crippen LogP contribution >= 0.6 is 0 Å². The number of unbranched alkanes of at least 4 members (excludes halogenated alkanes) is 15. The van der Waals surface area contributed by atoms with Crippen molar-refractivity contribution < 1.29 is 0 Å². The van der Waals surface area contributed by atoms with Crippen LogP contribution < -0.4 is 0 Å². The molecule has 0 amide bonds. The zero-order valence-corrected chi connectivity index (χ0v) is 13.3. The molecule has 0 aliphatic carbocycles. The van der Waals surface area contributed by atoms with Gasteiger partial charge in [0.05, 0.1) is 0 Å². The molecule has 0 spiro atoms. The quantitative estimate of drug-likeness (QED) is 0.252. The average Bonchev–Trinajstić information content (AvgIpc) is 2.39. The third kappa shape index (κ3) is 21.0. The van der Waals surface area contributed by atoms with Gasteiger partial charge in [0.2, 0.25) is 0 Å². The van der Waals surface area contributed by atoms with Crippen molar-refractivity contribution in [2.75, 3.05) is 0 Å².